The van der Waals surface area contributed by atoms with Crippen LogP contribution in [0.2, 0.25) is 0 Å². The fourth-order valence-corrected chi connectivity index (χ4v) is 1.74. The van der Waals surface area contributed by atoms with E-state index >= 15 is 0 Å². The standard InChI is InChI=1S/C11H13ClO2S/c1-3-14-8-4-5-10(15)9(6-8)11(12)7(2)13/h4-6,11,15H,3H2,1-2H3. The number of Topliss-reactive ketones (excluding diaryl/α,β-unsaturated/α-hetero) is 1. The first kappa shape index (κ1) is 12.4. The molecule has 1 unspecified atom stereocenters. The molecule has 1 aromatic rings. The number of carbonyl (C=O) groups is 1. The van der Waals surface area contributed by atoms with Gasteiger partial charge in [0.25, 0.3) is 0 Å². The minimum Gasteiger partial charge on any atom is -0.494 e. The van der Waals surface area contributed by atoms with Crippen molar-refractivity contribution in [2.75, 3.05) is 6.61 Å². The Bertz CT molecular complexity index is 366. The number of ketones is 1. The minimum atomic E-state index is -0.655. The van der Waals surface area contributed by atoms with Crippen molar-refractivity contribution in [2.24, 2.45) is 0 Å². The topological polar surface area (TPSA) is 26.3 Å². The minimum absolute atomic E-state index is 0.0967. The molecule has 0 fully saturated rings. The normalized spacial score (nSPS) is 12.3. The zero-order chi connectivity index (χ0) is 11.4. The van der Waals surface area contributed by atoms with Crippen molar-refractivity contribution in [3.05, 3.63) is 23.8 Å². The number of rotatable bonds is 4. The number of thiol groups is 1. The molecule has 15 heavy (non-hydrogen) atoms. The van der Waals surface area contributed by atoms with Gasteiger partial charge in [-0.2, -0.15) is 0 Å². The Balaban J connectivity index is 3.04. The molecule has 1 aromatic carbocycles. The summed E-state index contributed by atoms with van der Waals surface area (Å²) in [5.74, 6) is 0.609. The molecule has 0 aliphatic rings. The van der Waals surface area contributed by atoms with Crippen LogP contribution in [-0.2, 0) is 4.79 Å². The van der Waals surface area contributed by atoms with E-state index < -0.39 is 5.38 Å². The van der Waals surface area contributed by atoms with Gasteiger partial charge < -0.3 is 4.74 Å². The molecule has 0 aliphatic carbocycles. The highest BCUT2D eigenvalue weighted by Crippen LogP contribution is 2.30. The first-order valence-corrected chi connectivity index (χ1v) is 5.54. The summed E-state index contributed by atoms with van der Waals surface area (Å²) in [4.78, 5) is 11.9. The van der Waals surface area contributed by atoms with Crippen molar-refractivity contribution < 1.29 is 9.53 Å². The van der Waals surface area contributed by atoms with Crippen molar-refractivity contribution in [3.8, 4) is 5.75 Å². The molecule has 4 heteroatoms. The van der Waals surface area contributed by atoms with E-state index in [2.05, 4.69) is 12.6 Å². The van der Waals surface area contributed by atoms with Gasteiger partial charge in [0.15, 0.2) is 5.78 Å². The van der Waals surface area contributed by atoms with Gasteiger partial charge in [0.05, 0.1) is 6.61 Å². The highest BCUT2D eigenvalue weighted by atomic mass is 35.5. The van der Waals surface area contributed by atoms with Crippen LogP contribution in [0.1, 0.15) is 24.8 Å². The lowest BCUT2D eigenvalue weighted by molar-refractivity contribution is -0.116. The Labute approximate surface area is 100.0 Å². The zero-order valence-corrected chi connectivity index (χ0v) is 10.3. The van der Waals surface area contributed by atoms with Crippen LogP contribution in [0, 0.1) is 0 Å². The number of ether oxygens (including phenoxy) is 1. The summed E-state index contributed by atoms with van der Waals surface area (Å²) in [6.07, 6.45) is 0. The maximum Gasteiger partial charge on any atom is 0.152 e. The van der Waals surface area contributed by atoms with Gasteiger partial charge in [0, 0.05) is 4.90 Å². The van der Waals surface area contributed by atoms with E-state index in [1.165, 1.54) is 6.92 Å². The summed E-state index contributed by atoms with van der Waals surface area (Å²) in [5.41, 5.74) is 0.693. The summed E-state index contributed by atoms with van der Waals surface area (Å²) in [5, 5.41) is -0.655. The van der Waals surface area contributed by atoms with Crippen LogP contribution < -0.4 is 4.74 Å². The lowest BCUT2D eigenvalue weighted by atomic mass is 10.1. The van der Waals surface area contributed by atoms with Crippen LogP contribution in [-0.4, -0.2) is 12.4 Å². The molecule has 0 spiro atoms. The fraction of sp³-hybridized carbons (Fsp3) is 0.364. The lowest BCUT2D eigenvalue weighted by Gasteiger charge is -2.11. The molecule has 0 N–H and O–H groups in total. The molecule has 0 aliphatic heterocycles. The number of carbonyl (C=O) groups excluding carboxylic acids is 1. The number of hydrogen-bond acceptors (Lipinski definition) is 3. The smallest absolute Gasteiger partial charge is 0.152 e. The average molecular weight is 245 g/mol. The van der Waals surface area contributed by atoms with Crippen molar-refractivity contribution in [2.45, 2.75) is 24.1 Å². The predicted octanol–water partition coefficient (Wildman–Crippen LogP) is 3.24. The molecular weight excluding hydrogens is 232 g/mol. The van der Waals surface area contributed by atoms with Gasteiger partial charge in [-0.05, 0) is 37.6 Å². The van der Waals surface area contributed by atoms with Crippen LogP contribution in [0.15, 0.2) is 23.1 Å². The molecule has 0 saturated carbocycles. The summed E-state index contributed by atoms with van der Waals surface area (Å²) in [7, 11) is 0. The lowest BCUT2D eigenvalue weighted by Crippen LogP contribution is -2.03. The van der Waals surface area contributed by atoms with Gasteiger partial charge in [-0.3, -0.25) is 4.79 Å². The van der Waals surface area contributed by atoms with E-state index in [-0.39, 0.29) is 5.78 Å². The summed E-state index contributed by atoms with van der Waals surface area (Å²) < 4.78 is 5.33. The van der Waals surface area contributed by atoms with Gasteiger partial charge in [-0.1, -0.05) is 0 Å². The summed E-state index contributed by atoms with van der Waals surface area (Å²) in [6.45, 7) is 3.94. The van der Waals surface area contributed by atoms with Crippen LogP contribution in [0.3, 0.4) is 0 Å². The Morgan fingerprint density at radius 1 is 1.60 bits per heavy atom. The van der Waals surface area contributed by atoms with Crippen LogP contribution in [0.5, 0.6) is 5.75 Å². The Hall–Kier alpha value is -0.670. The van der Waals surface area contributed by atoms with Crippen LogP contribution in [0.25, 0.3) is 0 Å². The first-order chi connectivity index (χ1) is 7.06. The fourth-order valence-electron chi connectivity index (χ4n) is 1.21. The quantitative estimate of drug-likeness (QED) is 0.650. The maximum absolute atomic E-state index is 11.2. The van der Waals surface area contributed by atoms with E-state index in [1.54, 1.807) is 18.2 Å². The Kier molecular flexibility index (Phi) is 4.48. The van der Waals surface area contributed by atoms with Crippen LogP contribution in [0.4, 0.5) is 0 Å². The SMILES string of the molecule is CCOc1ccc(S)c(C(Cl)C(C)=O)c1. The van der Waals surface area contributed by atoms with Gasteiger partial charge in [0.2, 0.25) is 0 Å². The highest BCUT2D eigenvalue weighted by Gasteiger charge is 2.16. The molecule has 2 nitrogen and oxygen atoms in total. The van der Waals surface area contributed by atoms with E-state index in [0.29, 0.717) is 22.8 Å². The zero-order valence-electron chi connectivity index (χ0n) is 8.66. The van der Waals surface area contributed by atoms with Crippen molar-refractivity contribution in [1.29, 1.82) is 0 Å². The van der Waals surface area contributed by atoms with Crippen molar-refractivity contribution in [1.82, 2.24) is 0 Å². The van der Waals surface area contributed by atoms with Crippen molar-refractivity contribution >= 4 is 30.0 Å². The molecule has 1 rings (SSSR count). The molecular formula is C11H13ClO2S. The monoisotopic (exact) mass is 244 g/mol. The molecule has 0 saturated heterocycles. The Morgan fingerprint density at radius 3 is 2.80 bits per heavy atom. The highest BCUT2D eigenvalue weighted by molar-refractivity contribution is 7.80. The number of alkyl halides is 1. The second-order valence-corrected chi connectivity index (χ2v) is 4.05. The van der Waals surface area contributed by atoms with Crippen LogP contribution >= 0.6 is 24.2 Å². The third-order valence-corrected chi connectivity index (χ3v) is 2.89. The first-order valence-electron chi connectivity index (χ1n) is 4.66. The van der Waals surface area contributed by atoms with Gasteiger partial charge in [-0.25, -0.2) is 0 Å². The van der Waals surface area contributed by atoms with Gasteiger partial charge >= 0.3 is 0 Å². The third-order valence-electron chi connectivity index (χ3n) is 1.94. The average Bonchev–Trinajstić information content (AvgIpc) is 2.20. The van der Waals surface area contributed by atoms with Gasteiger partial charge in [0.1, 0.15) is 11.1 Å². The molecule has 0 amide bonds. The molecule has 82 valence electrons. The van der Waals surface area contributed by atoms with Crippen molar-refractivity contribution in [3.63, 3.8) is 0 Å². The van der Waals surface area contributed by atoms with E-state index in [9.17, 15) is 4.79 Å². The van der Waals surface area contributed by atoms with E-state index in [0.717, 1.165) is 0 Å². The third kappa shape index (κ3) is 3.14. The number of benzene rings is 1. The van der Waals surface area contributed by atoms with E-state index in [4.69, 9.17) is 16.3 Å². The molecule has 0 aromatic heterocycles. The summed E-state index contributed by atoms with van der Waals surface area (Å²) >= 11 is 10.2. The predicted molar refractivity (Wildman–Crippen MR) is 64.1 cm³/mol. The molecule has 1 atom stereocenters. The second kappa shape index (κ2) is 5.42. The summed E-state index contributed by atoms with van der Waals surface area (Å²) in [6, 6.07) is 5.34. The number of halogens is 1. The molecule has 0 bridgehead atoms. The molecule has 0 radical (unpaired) electrons. The molecule has 0 heterocycles. The number of hydrogen-bond donors (Lipinski definition) is 1. The largest absolute Gasteiger partial charge is 0.494 e. The Morgan fingerprint density at radius 2 is 2.27 bits per heavy atom. The van der Waals surface area contributed by atoms with E-state index in [1.807, 2.05) is 6.92 Å². The second-order valence-electron chi connectivity index (χ2n) is 3.13. The maximum atomic E-state index is 11.2. The van der Waals surface area contributed by atoms with Gasteiger partial charge in [-0.15, -0.1) is 24.2 Å².